The van der Waals surface area contributed by atoms with Crippen molar-refractivity contribution in [2.75, 3.05) is 19.8 Å². The second kappa shape index (κ2) is 10.0. The number of nitrogens with zero attached hydrogens (tertiary/aromatic N) is 2. The molecule has 2 N–H and O–H groups in total. The first-order valence-electron chi connectivity index (χ1n) is 11.1. The average molecular weight is 439 g/mol. The molecule has 2 aliphatic rings. The molecular formula is C25H34N4O3. The van der Waals surface area contributed by atoms with Gasteiger partial charge in [0.05, 0.1) is 0 Å². The molecule has 1 fully saturated rings. The van der Waals surface area contributed by atoms with Crippen LogP contribution < -0.4 is 10.9 Å². The third-order valence-corrected chi connectivity index (χ3v) is 6.18. The van der Waals surface area contributed by atoms with Crippen LogP contribution in [0.1, 0.15) is 43.5 Å². The molecule has 7 nitrogen and oxygen atoms in total. The highest BCUT2D eigenvalue weighted by Gasteiger charge is 2.31. The van der Waals surface area contributed by atoms with Gasteiger partial charge in [0.15, 0.2) is 0 Å². The minimum Gasteiger partial charge on any atom is -0.381 e. The van der Waals surface area contributed by atoms with Gasteiger partial charge in [-0.15, -0.1) is 0 Å². The second-order valence-electron chi connectivity index (χ2n) is 8.31. The first-order valence-corrected chi connectivity index (χ1v) is 11.1. The van der Waals surface area contributed by atoms with Crippen molar-refractivity contribution in [1.29, 1.82) is 0 Å². The molecule has 3 heterocycles. The van der Waals surface area contributed by atoms with E-state index in [1.54, 1.807) is 12.3 Å². The van der Waals surface area contributed by atoms with E-state index in [1.165, 1.54) is 0 Å². The lowest BCUT2D eigenvalue weighted by Crippen LogP contribution is -2.44. The van der Waals surface area contributed by atoms with E-state index in [-0.39, 0.29) is 18.0 Å². The maximum Gasteiger partial charge on any atom is 0.253 e. The summed E-state index contributed by atoms with van der Waals surface area (Å²) in [4.78, 5) is 32.6. The Hall–Kier alpha value is -3.06. The van der Waals surface area contributed by atoms with Gasteiger partial charge in [0.25, 0.3) is 11.5 Å². The summed E-state index contributed by atoms with van der Waals surface area (Å²) in [6, 6.07) is 2.23. The second-order valence-corrected chi connectivity index (χ2v) is 8.31. The van der Waals surface area contributed by atoms with E-state index in [9.17, 15) is 9.59 Å². The van der Waals surface area contributed by atoms with Crippen molar-refractivity contribution >= 4 is 5.91 Å². The third kappa shape index (κ3) is 4.72. The highest BCUT2D eigenvalue weighted by atomic mass is 16.5. The molecule has 1 aromatic rings. The van der Waals surface area contributed by atoms with Crippen LogP contribution in [0.25, 0.3) is 0 Å². The number of H-pyrrole nitrogens is 1. The van der Waals surface area contributed by atoms with Gasteiger partial charge in [0, 0.05) is 66.6 Å². The summed E-state index contributed by atoms with van der Waals surface area (Å²) in [6.45, 7) is 18.3. The van der Waals surface area contributed by atoms with E-state index in [4.69, 9.17) is 4.74 Å². The lowest BCUT2D eigenvalue weighted by molar-refractivity contribution is -0.117. The number of pyridine rings is 1. The Kier molecular flexibility index (Phi) is 7.40. The predicted octanol–water partition coefficient (Wildman–Crippen LogP) is 3.24. The first-order chi connectivity index (χ1) is 15.3. The number of hydrogen-bond acceptors (Lipinski definition) is 5. The summed E-state index contributed by atoms with van der Waals surface area (Å²) in [5.74, 6) is 0.698. The number of amides is 1. The van der Waals surface area contributed by atoms with Gasteiger partial charge in [-0.2, -0.15) is 0 Å². The summed E-state index contributed by atoms with van der Waals surface area (Å²) in [6.07, 6.45) is 5.38. The number of aromatic nitrogens is 1. The Morgan fingerprint density at radius 3 is 2.62 bits per heavy atom. The van der Waals surface area contributed by atoms with Crippen LogP contribution in [0.2, 0.25) is 0 Å². The standard InChI is InChI=1S/C25H34N4O3/c1-7-28-18(5)14-21(19(6)25(28)29(8-2)20-9-11-32-12-10-20)23(30)26-15-22-16(3)13-17(4)27-24(22)31/h7,13-14,20H,1,5,8-12,15H2,2-4,6H3,(H,26,30)(H,27,31). The van der Waals surface area contributed by atoms with Crippen LogP contribution in [0, 0.1) is 13.8 Å². The number of ether oxygens (including phenoxy) is 1. The normalized spacial score (nSPS) is 17.3. The predicted molar refractivity (Wildman–Crippen MR) is 127 cm³/mol. The van der Waals surface area contributed by atoms with Gasteiger partial charge in [0.1, 0.15) is 5.82 Å². The van der Waals surface area contributed by atoms with Crippen LogP contribution in [0.4, 0.5) is 0 Å². The zero-order chi connectivity index (χ0) is 23.4. The molecule has 7 heteroatoms. The van der Waals surface area contributed by atoms with Gasteiger partial charge in [-0.3, -0.25) is 9.59 Å². The van der Waals surface area contributed by atoms with Gasteiger partial charge in [-0.1, -0.05) is 13.2 Å². The first kappa shape index (κ1) is 23.6. The molecule has 0 radical (unpaired) electrons. The molecule has 1 aromatic heterocycles. The van der Waals surface area contributed by atoms with E-state index in [0.717, 1.165) is 55.3 Å². The number of aromatic amines is 1. The Morgan fingerprint density at radius 1 is 1.34 bits per heavy atom. The summed E-state index contributed by atoms with van der Waals surface area (Å²) in [7, 11) is 0. The summed E-state index contributed by atoms with van der Waals surface area (Å²) in [5.41, 5.74) is 4.14. The number of aryl methyl sites for hydroxylation is 2. The topological polar surface area (TPSA) is 77.7 Å². The molecule has 0 spiro atoms. The number of carbonyl (C=O) groups is 1. The van der Waals surface area contributed by atoms with E-state index < -0.39 is 0 Å². The molecule has 172 valence electrons. The SMILES string of the molecule is C=CN1C(=C)C=C(C(=O)NCc2c(C)cc(C)[nH]c2=O)C(C)=C1N(CC)C1CCOCC1. The number of rotatable bonds is 7. The van der Waals surface area contributed by atoms with Crippen molar-refractivity contribution in [2.24, 2.45) is 0 Å². The third-order valence-electron chi connectivity index (χ3n) is 6.18. The zero-order valence-electron chi connectivity index (χ0n) is 19.6. The fourth-order valence-corrected chi connectivity index (χ4v) is 4.52. The molecule has 0 aromatic carbocycles. The fraction of sp³-hybridized carbons (Fsp3) is 0.440. The Labute approximate surface area is 190 Å². The van der Waals surface area contributed by atoms with Crippen LogP contribution in [-0.4, -0.2) is 46.5 Å². The minimum absolute atomic E-state index is 0.162. The van der Waals surface area contributed by atoms with Crippen molar-refractivity contribution in [2.45, 2.75) is 53.1 Å². The molecule has 0 bridgehead atoms. The minimum atomic E-state index is -0.229. The van der Waals surface area contributed by atoms with Crippen LogP contribution >= 0.6 is 0 Å². The molecule has 2 aliphatic heterocycles. The molecule has 0 atom stereocenters. The maximum atomic E-state index is 13.2. The summed E-state index contributed by atoms with van der Waals surface area (Å²) < 4.78 is 5.55. The number of nitrogens with one attached hydrogen (secondary N) is 2. The van der Waals surface area contributed by atoms with E-state index in [1.807, 2.05) is 31.7 Å². The van der Waals surface area contributed by atoms with Crippen LogP contribution in [0.5, 0.6) is 0 Å². The highest BCUT2D eigenvalue weighted by molar-refractivity contribution is 5.98. The number of carbonyl (C=O) groups excluding carboxylic acids is 1. The highest BCUT2D eigenvalue weighted by Crippen LogP contribution is 2.33. The Morgan fingerprint density at radius 2 is 2.03 bits per heavy atom. The average Bonchev–Trinajstić information content (AvgIpc) is 2.76. The van der Waals surface area contributed by atoms with Crippen LogP contribution in [-0.2, 0) is 16.1 Å². The van der Waals surface area contributed by atoms with Gasteiger partial charge >= 0.3 is 0 Å². The van der Waals surface area contributed by atoms with Gasteiger partial charge in [-0.25, -0.2) is 0 Å². The van der Waals surface area contributed by atoms with Crippen molar-refractivity contribution in [3.8, 4) is 0 Å². The number of allylic oxidation sites excluding steroid dienone is 1. The van der Waals surface area contributed by atoms with Crippen molar-refractivity contribution in [3.05, 3.63) is 81.3 Å². The molecule has 0 unspecified atom stereocenters. The molecular weight excluding hydrogens is 404 g/mol. The Bertz CT molecular complexity index is 1030. The van der Waals surface area contributed by atoms with Gasteiger partial charge in [-0.05, 0) is 58.2 Å². The van der Waals surface area contributed by atoms with Crippen molar-refractivity contribution < 1.29 is 9.53 Å². The molecule has 3 rings (SSSR count). The van der Waals surface area contributed by atoms with Crippen molar-refractivity contribution in [3.63, 3.8) is 0 Å². The molecule has 1 amide bonds. The fourth-order valence-electron chi connectivity index (χ4n) is 4.52. The number of hydrogen-bond donors (Lipinski definition) is 2. The smallest absolute Gasteiger partial charge is 0.253 e. The molecule has 0 saturated carbocycles. The lowest BCUT2D eigenvalue weighted by atomic mass is 9.98. The Balaban J connectivity index is 1.90. The summed E-state index contributed by atoms with van der Waals surface area (Å²) >= 11 is 0. The van der Waals surface area contributed by atoms with Gasteiger partial charge in [0.2, 0.25) is 0 Å². The molecule has 0 aliphatic carbocycles. The summed E-state index contributed by atoms with van der Waals surface area (Å²) in [5, 5.41) is 2.93. The quantitative estimate of drug-likeness (QED) is 0.683. The van der Waals surface area contributed by atoms with E-state index >= 15 is 0 Å². The van der Waals surface area contributed by atoms with E-state index in [2.05, 4.69) is 35.3 Å². The lowest BCUT2D eigenvalue weighted by Gasteiger charge is -2.43. The monoisotopic (exact) mass is 438 g/mol. The van der Waals surface area contributed by atoms with Gasteiger partial charge < -0.3 is 24.8 Å². The van der Waals surface area contributed by atoms with E-state index in [0.29, 0.717) is 22.9 Å². The van der Waals surface area contributed by atoms with Crippen molar-refractivity contribution in [1.82, 2.24) is 20.1 Å². The zero-order valence-corrected chi connectivity index (χ0v) is 19.6. The largest absolute Gasteiger partial charge is 0.381 e. The molecule has 32 heavy (non-hydrogen) atoms. The van der Waals surface area contributed by atoms with Crippen LogP contribution in [0.15, 0.2) is 59.0 Å². The maximum absolute atomic E-state index is 13.2. The van der Waals surface area contributed by atoms with Crippen LogP contribution in [0.3, 0.4) is 0 Å². The molecule has 1 saturated heterocycles.